The predicted molar refractivity (Wildman–Crippen MR) is 74.7 cm³/mol. The average Bonchev–Trinajstić information content (AvgIpc) is 2.43. The minimum Gasteiger partial charge on any atom is -0.349 e. The zero-order chi connectivity index (χ0) is 16.5. The van der Waals surface area contributed by atoms with E-state index in [1.807, 2.05) is 0 Å². The zero-order valence-corrected chi connectivity index (χ0v) is 12.7. The predicted octanol–water partition coefficient (Wildman–Crippen LogP) is 2.19. The number of carbonyl (C=O) groups is 1. The molecule has 8 heteroatoms. The molecule has 1 aliphatic rings. The molecule has 4 nitrogen and oxygen atoms in total. The van der Waals surface area contributed by atoms with Gasteiger partial charge in [-0.1, -0.05) is 6.42 Å². The monoisotopic (exact) mass is 335 g/mol. The first-order chi connectivity index (χ1) is 10.2. The summed E-state index contributed by atoms with van der Waals surface area (Å²) in [6.07, 6.45) is 3.16. The summed E-state index contributed by atoms with van der Waals surface area (Å²) in [5.74, 6) is -5.27. The van der Waals surface area contributed by atoms with Crippen LogP contribution in [0.2, 0.25) is 0 Å². The maximum atomic E-state index is 13.1. The summed E-state index contributed by atoms with van der Waals surface area (Å²) in [7, 11) is -3.20. The molecule has 0 spiro atoms. The molecule has 0 aliphatic heterocycles. The Morgan fingerprint density at radius 3 is 2.32 bits per heavy atom. The first-order valence-electron chi connectivity index (χ1n) is 6.82. The molecule has 0 saturated heterocycles. The summed E-state index contributed by atoms with van der Waals surface area (Å²) in [5.41, 5.74) is -0.335. The van der Waals surface area contributed by atoms with E-state index in [0.717, 1.165) is 6.26 Å². The van der Waals surface area contributed by atoms with E-state index in [-0.39, 0.29) is 12.0 Å². The van der Waals surface area contributed by atoms with Gasteiger partial charge in [-0.15, -0.1) is 0 Å². The van der Waals surface area contributed by atoms with Gasteiger partial charge in [0, 0.05) is 17.9 Å². The number of halogens is 3. The second-order valence-electron chi connectivity index (χ2n) is 5.54. The van der Waals surface area contributed by atoms with Crippen molar-refractivity contribution in [1.82, 2.24) is 5.32 Å². The molecule has 0 radical (unpaired) electrons. The summed E-state index contributed by atoms with van der Waals surface area (Å²) in [6, 6.07) is 0.840. The van der Waals surface area contributed by atoms with Crippen molar-refractivity contribution in [2.75, 3.05) is 6.26 Å². The molecule has 0 aromatic heterocycles. The smallest absolute Gasteiger partial charge is 0.251 e. The van der Waals surface area contributed by atoms with Crippen molar-refractivity contribution in [3.8, 4) is 0 Å². The van der Waals surface area contributed by atoms with Gasteiger partial charge in [0.1, 0.15) is 9.84 Å². The fourth-order valence-electron chi connectivity index (χ4n) is 2.62. The van der Waals surface area contributed by atoms with Crippen LogP contribution in [-0.4, -0.2) is 31.9 Å². The average molecular weight is 335 g/mol. The summed E-state index contributed by atoms with van der Waals surface area (Å²) in [6.45, 7) is 0. The summed E-state index contributed by atoms with van der Waals surface area (Å²) in [4.78, 5) is 12.0. The Labute approximate surface area is 126 Å². The highest BCUT2D eigenvalue weighted by Crippen LogP contribution is 2.24. The van der Waals surface area contributed by atoms with Gasteiger partial charge in [-0.3, -0.25) is 4.79 Å². The third-order valence-electron chi connectivity index (χ3n) is 3.81. The molecule has 2 rings (SSSR count). The lowest BCUT2D eigenvalue weighted by Crippen LogP contribution is -2.41. The Balaban J connectivity index is 2.09. The fourth-order valence-corrected chi connectivity index (χ4v) is 3.80. The van der Waals surface area contributed by atoms with Gasteiger partial charge >= 0.3 is 0 Å². The van der Waals surface area contributed by atoms with E-state index in [9.17, 15) is 26.4 Å². The number of nitrogens with one attached hydrogen (secondary N) is 1. The first-order valence-corrected chi connectivity index (χ1v) is 8.78. The summed E-state index contributed by atoms with van der Waals surface area (Å²) in [5, 5.41) is 2.02. The molecule has 0 heterocycles. The Morgan fingerprint density at radius 2 is 1.77 bits per heavy atom. The second kappa shape index (κ2) is 6.28. The van der Waals surface area contributed by atoms with Crippen LogP contribution < -0.4 is 5.32 Å². The van der Waals surface area contributed by atoms with Crippen LogP contribution in [-0.2, 0) is 9.84 Å². The van der Waals surface area contributed by atoms with E-state index in [0.29, 0.717) is 31.4 Å². The van der Waals surface area contributed by atoms with Crippen molar-refractivity contribution in [2.24, 2.45) is 0 Å². The van der Waals surface area contributed by atoms with E-state index in [1.54, 1.807) is 0 Å². The van der Waals surface area contributed by atoms with Gasteiger partial charge in [0.25, 0.3) is 5.91 Å². The van der Waals surface area contributed by atoms with E-state index in [1.165, 1.54) is 0 Å². The Morgan fingerprint density at radius 1 is 1.18 bits per heavy atom. The van der Waals surface area contributed by atoms with Crippen LogP contribution in [0.3, 0.4) is 0 Å². The van der Waals surface area contributed by atoms with Crippen molar-refractivity contribution in [1.29, 1.82) is 0 Å². The minimum absolute atomic E-state index is 0.261. The Hall–Kier alpha value is -1.57. The highest BCUT2D eigenvalue weighted by Gasteiger charge is 2.30. The molecule has 1 fully saturated rings. The molecule has 1 saturated carbocycles. The van der Waals surface area contributed by atoms with Crippen LogP contribution in [0, 0.1) is 17.5 Å². The molecular formula is C14H16F3NO3S. The maximum absolute atomic E-state index is 13.1. The largest absolute Gasteiger partial charge is 0.349 e. The maximum Gasteiger partial charge on any atom is 0.251 e. The molecule has 1 amide bonds. The molecule has 0 unspecified atom stereocenters. The molecule has 1 aromatic rings. The highest BCUT2D eigenvalue weighted by atomic mass is 32.2. The van der Waals surface area contributed by atoms with Crippen molar-refractivity contribution >= 4 is 15.7 Å². The lowest BCUT2D eigenvalue weighted by molar-refractivity contribution is 0.0926. The van der Waals surface area contributed by atoms with Gasteiger partial charge in [-0.2, -0.15) is 0 Å². The van der Waals surface area contributed by atoms with Gasteiger partial charge in [-0.05, 0) is 31.4 Å². The molecule has 1 aliphatic carbocycles. The van der Waals surface area contributed by atoms with E-state index < -0.39 is 44.5 Å². The van der Waals surface area contributed by atoms with Crippen LogP contribution in [0.15, 0.2) is 12.1 Å². The molecule has 0 bridgehead atoms. The summed E-state index contributed by atoms with van der Waals surface area (Å²) < 4.78 is 62.2. The normalized spacial score (nSPS) is 22.4. The van der Waals surface area contributed by atoms with Crippen LogP contribution in [0.4, 0.5) is 13.2 Å². The molecular weight excluding hydrogens is 319 g/mol. The van der Waals surface area contributed by atoms with Crippen LogP contribution in [0.5, 0.6) is 0 Å². The standard InChI is InChI=1S/C14H16F3NO3S/c1-22(20,21)10-4-2-3-9(7-10)18-14(19)8-5-11(15)13(17)12(16)6-8/h5-6,9-10H,2-4,7H2,1H3,(H,18,19)/t9-,10-/m1/s1. The molecule has 122 valence electrons. The minimum atomic E-state index is -3.20. The Kier molecular flexibility index (Phi) is 4.79. The van der Waals surface area contributed by atoms with Gasteiger partial charge in [0.05, 0.1) is 5.25 Å². The number of hydrogen-bond donors (Lipinski definition) is 1. The number of benzene rings is 1. The zero-order valence-electron chi connectivity index (χ0n) is 11.9. The van der Waals surface area contributed by atoms with Gasteiger partial charge in [-0.25, -0.2) is 21.6 Å². The number of amides is 1. The van der Waals surface area contributed by atoms with Crippen molar-refractivity contribution < 1.29 is 26.4 Å². The topological polar surface area (TPSA) is 63.2 Å². The third-order valence-corrected chi connectivity index (χ3v) is 5.45. The quantitative estimate of drug-likeness (QED) is 0.861. The fraction of sp³-hybridized carbons (Fsp3) is 0.500. The van der Waals surface area contributed by atoms with Gasteiger partial charge in [0.15, 0.2) is 17.5 Å². The lowest BCUT2D eigenvalue weighted by atomic mass is 9.94. The summed E-state index contributed by atoms with van der Waals surface area (Å²) >= 11 is 0. The molecule has 1 aromatic carbocycles. The number of sulfone groups is 1. The van der Waals surface area contributed by atoms with E-state index in [4.69, 9.17) is 0 Å². The van der Waals surface area contributed by atoms with Gasteiger partial charge < -0.3 is 5.32 Å². The Bertz CT molecular complexity index is 668. The van der Waals surface area contributed by atoms with Crippen LogP contribution in [0.1, 0.15) is 36.0 Å². The van der Waals surface area contributed by atoms with Crippen LogP contribution in [0.25, 0.3) is 0 Å². The van der Waals surface area contributed by atoms with E-state index >= 15 is 0 Å². The second-order valence-corrected chi connectivity index (χ2v) is 7.87. The molecule has 2 atom stereocenters. The van der Waals surface area contributed by atoms with Crippen molar-refractivity contribution in [3.05, 3.63) is 35.1 Å². The van der Waals surface area contributed by atoms with Crippen molar-refractivity contribution in [2.45, 2.75) is 37.0 Å². The number of carbonyl (C=O) groups excluding carboxylic acids is 1. The molecule has 1 N–H and O–H groups in total. The number of rotatable bonds is 3. The number of hydrogen-bond acceptors (Lipinski definition) is 3. The SMILES string of the molecule is CS(=O)(=O)[C@@H]1CCC[C@@H](NC(=O)c2cc(F)c(F)c(F)c2)C1. The van der Waals surface area contributed by atoms with Crippen molar-refractivity contribution in [3.63, 3.8) is 0 Å². The first kappa shape index (κ1) is 16.8. The highest BCUT2D eigenvalue weighted by molar-refractivity contribution is 7.91. The lowest BCUT2D eigenvalue weighted by Gasteiger charge is -2.28. The van der Waals surface area contributed by atoms with Gasteiger partial charge in [0.2, 0.25) is 0 Å². The third kappa shape index (κ3) is 3.79. The van der Waals surface area contributed by atoms with E-state index in [2.05, 4.69) is 5.32 Å². The van der Waals surface area contributed by atoms with Crippen LogP contribution >= 0.6 is 0 Å². The molecule has 22 heavy (non-hydrogen) atoms.